The lowest BCUT2D eigenvalue weighted by Gasteiger charge is -2.26. The molecule has 0 saturated heterocycles. The van der Waals surface area contributed by atoms with Crippen LogP contribution in [0.15, 0.2) is 77.7 Å². The van der Waals surface area contributed by atoms with Gasteiger partial charge in [0.1, 0.15) is 12.3 Å². The van der Waals surface area contributed by atoms with Gasteiger partial charge < -0.3 is 10.1 Å². The van der Waals surface area contributed by atoms with Gasteiger partial charge >= 0.3 is 0 Å². The number of amides is 1. The minimum absolute atomic E-state index is 0.0931. The van der Waals surface area contributed by atoms with Gasteiger partial charge in [-0.2, -0.15) is 0 Å². The van der Waals surface area contributed by atoms with Crippen molar-refractivity contribution in [2.75, 3.05) is 16.2 Å². The zero-order valence-corrected chi connectivity index (χ0v) is 20.5. The third-order valence-electron chi connectivity index (χ3n) is 5.80. The Morgan fingerprint density at radius 2 is 1.71 bits per heavy atom. The van der Waals surface area contributed by atoms with Crippen LogP contribution in [-0.2, 0) is 14.8 Å². The molecule has 0 heterocycles. The summed E-state index contributed by atoms with van der Waals surface area (Å²) in [6.45, 7) is 1.37. The first-order valence-electron chi connectivity index (χ1n) is 11.2. The van der Waals surface area contributed by atoms with Crippen molar-refractivity contribution in [2.24, 2.45) is 0 Å². The molecule has 0 aromatic heterocycles. The van der Waals surface area contributed by atoms with Gasteiger partial charge in [-0.1, -0.05) is 35.9 Å². The third-order valence-corrected chi connectivity index (χ3v) is 7.81. The van der Waals surface area contributed by atoms with E-state index in [1.54, 1.807) is 55.5 Å². The molecular weight excluding hydrogens is 472 g/mol. The van der Waals surface area contributed by atoms with E-state index >= 15 is 0 Å². The minimum atomic E-state index is -4.01. The smallest absolute Gasteiger partial charge is 0.264 e. The normalized spacial score (nSPS) is 14.1. The lowest BCUT2D eigenvalue weighted by Crippen LogP contribution is -2.38. The average molecular weight is 499 g/mol. The largest absolute Gasteiger partial charge is 0.490 e. The number of sulfonamides is 1. The summed E-state index contributed by atoms with van der Waals surface area (Å²) in [5, 5.41) is 3.17. The van der Waals surface area contributed by atoms with E-state index in [4.69, 9.17) is 16.3 Å². The zero-order chi connectivity index (χ0) is 24.1. The highest BCUT2D eigenvalue weighted by molar-refractivity contribution is 7.92. The van der Waals surface area contributed by atoms with Crippen LogP contribution in [-0.4, -0.2) is 27.0 Å². The zero-order valence-electron chi connectivity index (χ0n) is 18.9. The summed E-state index contributed by atoms with van der Waals surface area (Å²) in [6.07, 6.45) is 4.75. The van der Waals surface area contributed by atoms with E-state index in [9.17, 15) is 13.2 Å². The second kappa shape index (κ2) is 10.5. The highest BCUT2D eigenvalue weighted by Gasteiger charge is 2.28. The van der Waals surface area contributed by atoms with E-state index in [1.807, 2.05) is 12.1 Å². The summed E-state index contributed by atoms with van der Waals surface area (Å²) in [6, 6.07) is 20.1. The van der Waals surface area contributed by atoms with Crippen molar-refractivity contribution in [1.29, 1.82) is 0 Å². The van der Waals surface area contributed by atoms with E-state index < -0.39 is 22.5 Å². The first-order chi connectivity index (χ1) is 16.3. The van der Waals surface area contributed by atoms with Crippen molar-refractivity contribution in [3.63, 3.8) is 0 Å². The quantitative estimate of drug-likeness (QED) is 0.425. The third kappa shape index (κ3) is 5.72. The first-order valence-corrected chi connectivity index (χ1v) is 13.1. The standard InChI is InChI=1S/C26H27ClN2O4S/c1-19-11-12-20(27)17-25(19)29(34(31,32)24-9-3-2-4-10-24)18-26(30)28-21-13-15-23(16-14-21)33-22-7-5-6-8-22/h2-4,9-17,22H,5-8,18H2,1H3,(H,28,30). The molecule has 1 aliphatic rings. The van der Waals surface area contributed by atoms with E-state index in [2.05, 4.69) is 5.32 Å². The summed E-state index contributed by atoms with van der Waals surface area (Å²) < 4.78 is 34.0. The molecule has 178 valence electrons. The number of nitrogens with one attached hydrogen (secondary N) is 1. The fourth-order valence-corrected chi connectivity index (χ4v) is 5.68. The number of carbonyl (C=O) groups is 1. The molecule has 8 heteroatoms. The summed E-state index contributed by atoms with van der Waals surface area (Å²) in [4.78, 5) is 13.0. The molecule has 0 atom stereocenters. The number of ether oxygens (including phenoxy) is 1. The molecular formula is C26H27ClN2O4S. The number of carbonyl (C=O) groups excluding carboxylic acids is 1. The lowest BCUT2D eigenvalue weighted by molar-refractivity contribution is -0.114. The molecule has 1 N–H and O–H groups in total. The first kappa shape index (κ1) is 24.1. The average Bonchev–Trinajstić information content (AvgIpc) is 3.34. The van der Waals surface area contributed by atoms with Crippen LogP contribution in [0.25, 0.3) is 0 Å². The highest BCUT2D eigenvalue weighted by atomic mass is 35.5. The van der Waals surface area contributed by atoms with Gasteiger partial charge in [-0.05, 0) is 86.7 Å². The molecule has 0 radical (unpaired) electrons. The predicted octanol–water partition coefficient (Wildman–Crippen LogP) is 5.80. The molecule has 6 nitrogen and oxygen atoms in total. The van der Waals surface area contributed by atoms with Crippen molar-refractivity contribution in [3.05, 3.63) is 83.4 Å². The van der Waals surface area contributed by atoms with E-state index in [1.165, 1.54) is 25.0 Å². The van der Waals surface area contributed by atoms with Gasteiger partial charge in [0.25, 0.3) is 10.0 Å². The summed E-state index contributed by atoms with van der Waals surface area (Å²) in [7, 11) is -4.01. The maximum absolute atomic E-state index is 13.5. The Kier molecular flexibility index (Phi) is 7.44. The molecule has 0 bridgehead atoms. The number of hydrogen-bond donors (Lipinski definition) is 1. The van der Waals surface area contributed by atoms with Gasteiger partial charge in [0.2, 0.25) is 5.91 Å². The van der Waals surface area contributed by atoms with Gasteiger partial charge in [-0.3, -0.25) is 9.10 Å². The number of rotatable bonds is 8. The van der Waals surface area contributed by atoms with Crippen molar-refractivity contribution in [2.45, 2.75) is 43.6 Å². The van der Waals surface area contributed by atoms with Crippen molar-refractivity contribution in [1.82, 2.24) is 0 Å². The molecule has 1 fully saturated rings. The van der Waals surface area contributed by atoms with Crippen molar-refractivity contribution < 1.29 is 17.9 Å². The molecule has 1 amide bonds. The monoisotopic (exact) mass is 498 g/mol. The number of anilines is 2. The molecule has 3 aromatic rings. The number of hydrogen-bond acceptors (Lipinski definition) is 4. The second-order valence-electron chi connectivity index (χ2n) is 8.35. The van der Waals surface area contributed by atoms with E-state index in [0.717, 1.165) is 22.9 Å². The van der Waals surface area contributed by atoms with Gasteiger partial charge in [0.15, 0.2) is 0 Å². The molecule has 0 spiro atoms. The molecule has 4 rings (SSSR count). The van der Waals surface area contributed by atoms with Gasteiger partial charge in [-0.15, -0.1) is 0 Å². The van der Waals surface area contributed by atoms with Crippen LogP contribution in [0.4, 0.5) is 11.4 Å². The summed E-state index contributed by atoms with van der Waals surface area (Å²) in [5.74, 6) is 0.288. The van der Waals surface area contributed by atoms with E-state index in [-0.39, 0.29) is 11.0 Å². The Morgan fingerprint density at radius 3 is 2.38 bits per heavy atom. The summed E-state index contributed by atoms with van der Waals surface area (Å²) in [5.41, 5.74) is 1.60. The van der Waals surface area contributed by atoms with Gasteiger partial charge in [0, 0.05) is 10.7 Å². The number of benzene rings is 3. The number of nitrogens with zero attached hydrogens (tertiary/aromatic N) is 1. The molecule has 34 heavy (non-hydrogen) atoms. The van der Waals surface area contributed by atoms with E-state index in [0.29, 0.717) is 22.0 Å². The minimum Gasteiger partial charge on any atom is -0.490 e. The van der Waals surface area contributed by atoms with Crippen LogP contribution in [0.1, 0.15) is 31.2 Å². The molecule has 0 unspecified atom stereocenters. The predicted molar refractivity (Wildman–Crippen MR) is 135 cm³/mol. The molecule has 1 aliphatic carbocycles. The second-order valence-corrected chi connectivity index (χ2v) is 10.7. The fourth-order valence-electron chi connectivity index (χ4n) is 4.02. The Bertz CT molecular complexity index is 1240. The topological polar surface area (TPSA) is 75.7 Å². The highest BCUT2D eigenvalue weighted by Crippen LogP contribution is 2.30. The molecule has 0 aliphatic heterocycles. The maximum Gasteiger partial charge on any atom is 0.264 e. The van der Waals surface area contributed by atoms with Crippen LogP contribution >= 0.6 is 11.6 Å². The Labute approximate surface area is 205 Å². The van der Waals surface area contributed by atoms with Crippen LogP contribution in [0, 0.1) is 6.92 Å². The fraction of sp³-hybridized carbons (Fsp3) is 0.269. The maximum atomic E-state index is 13.5. The molecule has 3 aromatic carbocycles. The van der Waals surface area contributed by atoms with Gasteiger partial charge in [-0.25, -0.2) is 8.42 Å². The van der Waals surface area contributed by atoms with Crippen molar-refractivity contribution >= 4 is 38.9 Å². The SMILES string of the molecule is Cc1ccc(Cl)cc1N(CC(=O)Nc1ccc(OC2CCCC2)cc1)S(=O)(=O)c1ccccc1. The van der Waals surface area contributed by atoms with Crippen LogP contribution in [0.5, 0.6) is 5.75 Å². The van der Waals surface area contributed by atoms with Crippen LogP contribution in [0.3, 0.4) is 0 Å². The Hall–Kier alpha value is -3.03. The Morgan fingerprint density at radius 1 is 1.03 bits per heavy atom. The van der Waals surface area contributed by atoms with Gasteiger partial charge in [0.05, 0.1) is 16.7 Å². The van der Waals surface area contributed by atoms with Crippen molar-refractivity contribution in [3.8, 4) is 5.75 Å². The van der Waals surface area contributed by atoms with Crippen LogP contribution < -0.4 is 14.4 Å². The Balaban J connectivity index is 1.54. The molecule has 1 saturated carbocycles. The lowest BCUT2D eigenvalue weighted by atomic mass is 10.2. The summed E-state index contributed by atoms with van der Waals surface area (Å²) >= 11 is 6.16. The number of halogens is 1. The van der Waals surface area contributed by atoms with Crippen LogP contribution in [0.2, 0.25) is 5.02 Å². The number of aryl methyl sites for hydroxylation is 1.